The molecule has 2 aromatic heterocycles. The maximum absolute atomic E-state index is 12.6. The van der Waals surface area contributed by atoms with Crippen LogP contribution < -0.4 is 0 Å². The number of carbonyl (C=O) groups is 1. The molecular formula is C19H24N6O. The Morgan fingerprint density at radius 2 is 2.31 bits per heavy atom. The van der Waals surface area contributed by atoms with Gasteiger partial charge in [0.25, 0.3) is 0 Å². The van der Waals surface area contributed by atoms with Crippen LogP contribution in [0.5, 0.6) is 0 Å². The van der Waals surface area contributed by atoms with E-state index in [-0.39, 0.29) is 11.8 Å². The van der Waals surface area contributed by atoms with E-state index in [1.165, 1.54) is 11.9 Å². The first-order valence-electron chi connectivity index (χ1n) is 9.26. The van der Waals surface area contributed by atoms with Gasteiger partial charge < -0.3 is 9.88 Å². The third-order valence-corrected chi connectivity index (χ3v) is 5.14. The molecule has 3 aromatic rings. The molecule has 1 aromatic carbocycles. The lowest BCUT2D eigenvalue weighted by Gasteiger charge is -2.32. The van der Waals surface area contributed by atoms with E-state index in [9.17, 15) is 4.79 Å². The summed E-state index contributed by atoms with van der Waals surface area (Å²) in [5.41, 5.74) is 3.30. The van der Waals surface area contributed by atoms with Gasteiger partial charge in [0, 0.05) is 32.0 Å². The Morgan fingerprint density at radius 1 is 1.38 bits per heavy atom. The number of likely N-dealkylation sites (tertiary alicyclic amines) is 1. The monoisotopic (exact) mass is 352 g/mol. The zero-order chi connectivity index (χ0) is 17.9. The molecule has 1 unspecified atom stereocenters. The summed E-state index contributed by atoms with van der Waals surface area (Å²) in [6.07, 6.45) is 6.63. The minimum Gasteiger partial charge on any atom is -0.342 e. The van der Waals surface area contributed by atoms with Gasteiger partial charge in [0.15, 0.2) is 0 Å². The van der Waals surface area contributed by atoms with Crippen molar-refractivity contribution in [3.8, 4) is 0 Å². The number of nitrogens with zero attached hydrogens (tertiary/aromatic N) is 5. The number of aromatic amines is 1. The van der Waals surface area contributed by atoms with E-state index >= 15 is 0 Å². The molecule has 0 aliphatic carbocycles. The molecule has 1 aliphatic heterocycles. The molecule has 0 spiro atoms. The van der Waals surface area contributed by atoms with E-state index in [1.807, 2.05) is 11.0 Å². The number of H-pyrrole nitrogens is 1. The molecule has 0 saturated carbocycles. The number of benzene rings is 1. The average Bonchev–Trinajstić information content (AvgIpc) is 3.32. The molecule has 1 N–H and O–H groups in total. The second-order valence-corrected chi connectivity index (χ2v) is 7.03. The van der Waals surface area contributed by atoms with Gasteiger partial charge in [-0.3, -0.25) is 9.48 Å². The molecule has 0 bridgehead atoms. The highest BCUT2D eigenvalue weighted by Crippen LogP contribution is 2.28. The van der Waals surface area contributed by atoms with Crippen LogP contribution in [0.1, 0.15) is 43.0 Å². The summed E-state index contributed by atoms with van der Waals surface area (Å²) in [5, 5.41) is 4.07. The molecule has 1 atom stereocenters. The number of rotatable bonds is 5. The fourth-order valence-corrected chi connectivity index (χ4v) is 3.71. The average molecular weight is 352 g/mol. The first kappa shape index (κ1) is 16.8. The second-order valence-electron chi connectivity index (χ2n) is 7.03. The van der Waals surface area contributed by atoms with Gasteiger partial charge >= 0.3 is 0 Å². The number of hydrogen-bond donors (Lipinski definition) is 1. The van der Waals surface area contributed by atoms with Gasteiger partial charge in [-0.1, -0.05) is 12.1 Å². The van der Waals surface area contributed by atoms with Crippen LogP contribution in [-0.2, 0) is 11.3 Å². The number of para-hydroxylation sites is 1. The van der Waals surface area contributed by atoms with Crippen LogP contribution in [-0.4, -0.2) is 48.6 Å². The van der Waals surface area contributed by atoms with Gasteiger partial charge in [-0.25, -0.2) is 9.97 Å². The quantitative estimate of drug-likeness (QED) is 0.765. The van der Waals surface area contributed by atoms with Gasteiger partial charge in [-0.2, -0.15) is 5.10 Å². The Balaban J connectivity index is 1.38. The standard InChI is InChI=1S/C19H24N6O/c1-14-5-2-7-16-18(14)23-19(22-16)15-6-3-9-24(11-15)17(26)8-4-10-25-13-20-12-21-25/h2,5,7,12-13,15H,3-4,6,8-11H2,1H3,(H,22,23). The Bertz CT molecular complexity index is 885. The molecule has 7 heteroatoms. The third-order valence-electron chi connectivity index (χ3n) is 5.14. The minimum atomic E-state index is 0.224. The van der Waals surface area contributed by atoms with Crippen LogP contribution in [0.15, 0.2) is 30.9 Å². The van der Waals surface area contributed by atoms with E-state index in [2.05, 4.69) is 34.1 Å². The highest BCUT2D eigenvalue weighted by molar-refractivity contribution is 5.79. The van der Waals surface area contributed by atoms with Crippen molar-refractivity contribution in [3.63, 3.8) is 0 Å². The summed E-state index contributed by atoms with van der Waals surface area (Å²) in [6.45, 7) is 4.41. The molecule has 1 amide bonds. The third kappa shape index (κ3) is 3.47. The summed E-state index contributed by atoms with van der Waals surface area (Å²) in [5.74, 6) is 1.52. The number of carbonyl (C=O) groups excluding carboxylic acids is 1. The Morgan fingerprint density at radius 3 is 3.12 bits per heavy atom. The fourth-order valence-electron chi connectivity index (χ4n) is 3.71. The number of aryl methyl sites for hydroxylation is 2. The number of amides is 1. The Kier molecular flexibility index (Phi) is 4.69. The summed E-state index contributed by atoms with van der Waals surface area (Å²) >= 11 is 0. The van der Waals surface area contributed by atoms with Crippen LogP contribution in [0.4, 0.5) is 0 Å². The largest absolute Gasteiger partial charge is 0.342 e. The summed E-state index contributed by atoms with van der Waals surface area (Å²) in [6, 6.07) is 6.19. The van der Waals surface area contributed by atoms with Crippen molar-refractivity contribution < 1.29 is 4.79 Å². The predicted molar refractivity (Wildman–Crippen MR) is 98.6 cm³/mol. The van der Waals surface area contributed by atoms with Crippen molar-refractivity contribution in [2.24, 2.45) is 0 Å². The minimum absolute atomic E-state index is 0.224. The normalized spacial score (nSPS) is 17.7. The number of nitrogens with one attached hydrogen (secondary N) is 1. The van der Waals surface area contributed by atoms with E-state index < -0.39 is 0 Å². The lowest BCUT2D eigenvalue weighted by atomic mass is 9.97. The summed E-state index contributed by atoms with van der Waals surface area (Å²) in [7, 11) is 0. The van der Waals surface area contributed by atoms with Crippen molar-refractivity contribution in [1.29, 1.82) is 0 Å². The number of hydrogen-bond acceptors (Lipinski definition) is 4. The fraction of sp³-hybridized carbons (Fsp3) is 0.474. The van der Waals surface area contributed by atoms with Crippen LogP contribution in [0.2, 0.25) is 0 Å². The Hall–Kier alpha value is -2.70. The van der Waals surface area contributed by atoms with E-state index in [0.29, 0.717) is 6.42 Å². The molecule has 3 heterocycles. The van der Waals surface area contributed by atoms with Crippen molar-refractivity contribution in [3.05, 3.63) is 42.2 Å². The van der Waals surface area contributed by atoms with E-state index in [4.69, 9.17) is 4.98 Å². The van der Waals surface area contributed by atoms with E-state index in [0.717, 1.165) is 55.8 Å². The van der Waals surface area contributed by atoms with Crippen LogP contribution >= 0.6 is 0 Å². The topological polar surface area (TPSA) is 79.7 Å². The molecule has 1 saturated heterocycles. The van der Waals surface area contributed by atoms with Crippen molar-refractivity contribution in [2.75, 3.05) is 13.1 Å². The van der Waals surface area contributed by atoms with Crippen molar-refractivity contribution >= 4 is 16.9 Å². The first-order valence-corrected chi connectivity index (χ1v) is 9.26. The smallest absolute Gasteiger partial charge is 0.222 e. The predicted octanol–water partition coefficient (Wildman–Crippen LogP) is 2.65. The molecule has 4 rings (SSSR count). The lowest BCUT2D eigenvalue weighted by Crippen LogP contribution is -2.39. The molecular weight excluding hydrogens is 328 g/mol. The highest BCUT2D eigenvalue weighted by atomic mass is 16.2. The van der Waals surface area contributed by atoms with Gasteiger partial charge in [-0.15, -0.1) is 0 Å². The molecule has 1 fully saturated rings. The van der Waals surface area contributed by atoms with Crippen LogP contribution in [0.3, 0.4) is 0 Å². The van der Waals surface area contributed by atoms with Crippen LogP contribution in [0, 0.1) is 6.92 Å². The van der Waals surface area contributed by atoms with Gasteiger partial charge in [0.05, 0.1) is 11.0 Å². The first-order chi connectivity index (χ1) is 12.7. The van der Waals surface area contributed by atoms with E-state index in [1.54, 1.807) is 11.0 Å². The number of imidazole rings is 1. The van der Waals surface area contributed by atoms with Gasteiger partial charge in [0.2, 0.25) is 5.91 Å². The van der Waals surface area contributed by atoms with Crippen molar-refractivity contribution in [2.45, 2.75) is 45.1 Å². The van der Waals surface area contributed by atoms with Gasteiger partial charge in [0.1, 0.15) is 18.5 Å². The maximum atomic E-state index is 12.6. The number of aromatic nitrogens is 5. The lowest BCUT2D eigenvalue weighted by molar-refractivity contribution is -0.132. The Labute approximate surface area is 152 Å². The highest BCUT2D eigenvalue weighted by Gasteiger charge is 2.26. The number of piperidine rings is 1. The van der Waals surface area contributed by atoms with Gasteiger partial charge in [-0.05, 0) is 37.8 Å². The zero-order valence-corrected chi connectivity index (χ0v) is 15.1. The number of fused-ring (bicyclic) bond motifs is 1. The molecule has 136 valence electrons. The molecule has 26 heavy (non-hydrogen) atoms. The summed E-state index contributed by atoms with van der Waals surface area (Å²) in [4.78, 5) is 26.8. The molecule has 0 radical (unpaired) electrons. The summed E-state index contributed by atoms with van der Waals surface area (Å²) < 4.78 is 1.77. The maximum Gasteiger partial charge on any atom is 0.222 e. The zero-order valence-electron chi connectivity index (χ0n) is 15.1. The SMILES string of the molecule is Cc1cccc2[nH]c(C3CCCN(C(=O)CCCn4cncn4)C3)nc12. The van der Waals surface area contributed by atoms with Crippen molar-refractivity contribution in [1.82, 2.24) is 29.6 Å². The molecule has 7 nitrogen and oxygen atoms in total. The second kappa shape index (κ2) is 7.27. The van der Waals surface area contributed by atoms with Crippen LogP contribution in [0.25, 0.3) is 11.0 Å². The molecule has 1 aliphatic rings.